The second-order valence-corrected chi connectivity index (χ2v) is 17.6. The van der Waals surface area contributed by atoms with Crippen LogP contribution in [0.15, 0.2) is 0 Å². The Bertz CT molecular complexity index is 1480. The zero-order valence-corrected chi connectivity index (χ0v) is 35.0. The highest BCUT2D eigenvalue weighted by Gasteiger charge is 2.42. The Morgan fingerprint density at radius 2 is 0.315 bits per heavy atom. The zero-order valence-electron chi connectivity index (χ0n) is 35.0. The Morgan fingerprint density at radius 1 is 0.222 bits per heavy atom. The minimum absolute atomic E-state index is 0.214. The molecule has 0 amide bonds. The molecule has 54 heavy (non-hydrogen) atoms. The Morgan fingerprint density at radius 3 is 0.407 bits per heavy atom. The molecule has 0 aliphatic carbocycles. The van der Waals surface area contributed by atoms with Gasteiger partial charge in [0.05, 0.1) is 32.5 Å². The monoisotopic (exact) mass is 758 g/mol. The molecule has 0 aliphatic heterocycles. The summed E-state index contributed by atoms with van der Waals surface area (Å²) in [6.07, 6.45) is -3.02. The Hall–Kier alpha value is -3.96. The SMILES string of the molecule is CC(=O)C(C)(C)C(=O)CCC(=O)C(C)(C)C(=O)CCC(=O)C(C)(C)C(=O)CCC(=O)C(C)(C)C(=O)CCC(=O)C(C)(C)C(=O)CCC(=O)C(C)(C)C(C)=O. The summed E-state index contributed by atoms with van der Waals surface area (Å²) < 4.78 is 0. The van der Waals surface area contributed by atoms with E-state index in [0.29, 0.717) is 0 Å². The molecule has 12 nitrogen and oxygen atoms in total. The Labute approximate surface area is 320 Å². The van der Waals surface area contributed by atoms with Gasteiger partial charge in [0, 0.05) is 64.2 Å². The van der Waals surface area contributed by atoms with Crippen molar-refractivity contribution < 1.29 is 57.5 Å². The second-order valence-electron chi connectivity index (χ2n) is 17.6. The zero-order chi connectivity index (χ0) is 43.0. The van der Waals surface area contributed by atoms with Crippen LogP contribution in [0.3, 0.4) is 0 Å². The van der Waals surface area contributed by atoms with Gasteiger partial charge in [-0.2, -0.15) is 0 Å². The molecule has 0 saturated carbocycles. The number of ketones is 12. The first kappa shape index (κ1) is 50.0. The first-order chi connectivity index (χ1) is 24.1. The maximum absolute atomic E-state index is 13.1. The maximum atomic E-state index is 13.1. The largest absolute Gasteiger partial charge is 0.299 e. The van der Waals surface area contributed by atoms with Gasteiger partial charge in [0.25, 0.3) is 0 Å². The summed E-state index contributed by atoms with van der Waals surface area (Å²) >= 11 is 0. The molecule has 0 rings (SSSR count). The molecule has 0 aliphatic rings. The van der Waals surface area contributed by atoms with Gasteiger partial charge in [-0.3, -0.25) is 57.5 Å². The first-order valence-corrected chi connectivity index (χ1v) is 18.5. The van der Waals surface area contributed by atoms with Crippen molar-refractivity contribution in [3.63, 3.8) is 0 Å². The van der Waals surface area contributed by atoms with Crippen molar-refractivity contribution in [2.24, 2.45) is 32.5 Å². The Kier molecular flexibility index (Phi) is 17.2. The van der Waals surface area contributed by atoms with Gasteiger partial charge < -0.3 is 0 Å². The average molecular weight is 759 g/mol. The van der Waals surface area contributed by atoms with E-state index in [1.165, 1.54) is 96.9 Å². The summed E-state index contributed by atoms with van der Waals surface area (Å²) in [4.78, 5) is 153. The van der Waals surface area contributed by atoms with Gasteiger partial charge in [-0.25, -0.2) is 0 Å². The standard InChI is InChI=1S/C42H62O12/c1-25(43)37(3,4)27(45)15-17-29(47)39(7,8)31(49)19-21-33(51)41(11,12)35(53)23-24-36(54)42(13,14)34(52)22-20-32(50)40(9,10)30(48)18-16-28(46)38(5,6)26(2)44/h15-24H2,1-14H3. The molecular formula is C42H62O12. The van der Waals surface area contributed by atoms with E-state index in [9.17, 15) is 57.5 Å². The van der Waals surface area contributed by atoms with Crippen molar-refractivity contribution in [1.29, 1.82) is 0 Å². The molecule has 0 spiro atoms. The van der Waals surface area contributed by atoms with Crippen molar-refractivity contribution in [3.05, 3.63) is 0 Å². The lowest BCUT2D eigenvalue weighted by atomic mass is 9.74. The fourth-order valence-electron chi connectivity index (χ4n) is 5.27. The van der Waals surface area contributed by atoms with Crippen LogP contribution < -0.4 is 0 Å². The normalized spacial score (nSPS) is 12.8. The third kappa shape index (κ3) is 12.3. The van der Waals surface area contributed by atoms with Gasteiger partial charge in [0.2, 0.25) is 0 Å². The average Bonchev–Trinajstić information content (AvgIpc) is 3.07. The lowest BCUT2D eigenvalue weighted by molar-refractivity contribution is -0.145. The molecule has 0 heterocycles. The summed E-state index contributed by atoms with van der Waals surface area (Å²) in [5, 5.41) is 0. The van der Waals surface area contributed by atoms with E-state index in [-0.39, 0.29) is 75.8 Å². The summed E-state index contributed by atoms with van der Waals surface area (Å²) in [7, 11) is 0. The quantitative estimate of drug-likeness (QED) is 0.0897. The van der Waals surface area contributed by atoms with Crippen LogP contribution >= 0.6 is 0 Å². The number of rotatable bonds is 27. The van der Waals surface area contributed by atoms with E-state index in [1.54, 1.807) is 0 Å². The molecular weight excluding hydrogens is 696 g/mol. The maximum Gasteiger partial charge on any atom is 0.146 e. The molecule has 0 aromatic heterocycles. The van der Waals surface area contributed by atoms with Crippen LogP contribution in [-0.4, -0.2) is 69.4 Å². The van der Waals surface area contributed by atoms with Crippen molar-refractivity contribution in [2.75, 3.05) is 0 Å². The summed E-state index contributed by atoms with van der Waals surface area (Å²) in [6.45, 7) is 19.5. The number of hydrogen-bond acceptors (Lipinski definition) is 12. The van der Waals surface area contributed by atoms with Crippen molar-refractivity contribution in [2.45, 2.75) is 161 Å². The summed E-state index contributed by atoms with van der Waals surface area (Å²) in [5.74, 6) is -5.97. The van der Waals surface area contributed by atoms with Gasteiger partial charge in [0.1, 0.15) is 69.4 Å². The van der Waals surface area contributed by atoms with Crippen LogP contribution in [-0.2, 0) is 57.5 Å². The molecule has 302 valence electrons. The van der Waals surface area contributed by atoms with Gasteiger partial charge in [-0.05, 0) is 96.9 Å². The van der Waals surface area contributed by atoms with Crippen LogP contribution in [0.2, 0.25) is 0 Å². The third-order valence-electron chi connectivity index (χ3n) is 11.6. The third-order valence-corrected chi connectivity index (χ3v) is 11.6. The van der Waals surface area contributed by atoms with E-state index in [4.69, 9.17) is 0 Å². The lowest BCUT2D eigenvalue weighted by Crippen LogP contribution is -2.39. The fourth-order valence-corrected chi connectivity index (χ4v) is 5.27. The smallest absolute Gasteiger partial charge is 0.146 e. The molecule has 12 heteroatoms. The number of Topliss-reactive ketones (excluding diaryl/α,β-unsaturated/α-hetero) is 12. The van der Waals surface area contributed by atoms with E-state index >= 15 is 0 Å². The summed E-state index contributed by atoms with van der Waals surface area (Å²) in [6, 6.07) is 0. The molecule has 0 saturated heterocycles. The molecule has 0 unspecified atom stereocenters. The minimum atomic E-state index is -1.58. The van der Waals surface area contributed by atoms with Crippen LogP contribution in [0.1, 0.15) is 161 Å². The van der Waals surface area contributed by atoms with Crippen molar-refractivity contribution >= 4 is 69.4 Å². The van der Waals surface area contributed by atoms with Crippen molar-refractivity contribution in [1.82, 2.24) is 0 Å². The number of carbonyl (C=O) groups excluding carboxylic acids is 12. The minimum Gasteiger partial charge on any atom is -0.299 e. The Balaban J connectivity index is 5.23. The van der Waals surface area contributed by atoms with Crippen LogP contribution in [0, 0.1) is 32.5 Å². The van der Waals surface area contributed by atoms with E-state index in [2.05, 4.69) is 0 Å². The molecule has 0 aromatic carbocycles. The highest BCUT2D eigenvalue weighted by molar-refractivity contribution is 6.14. The predicted octanol–water partition coefficient (Wildman–Crippen LogP) is 5.91. The van der Waals surface area contributed by atoms with Crippen LogP contribution in [0.25, 0.3) is 0 Å². The van der Waals surface area contributed by atoms with E-state index < -0.39 is 90.3 Å². The molecule has 0 bridgehead atoms. The number of carbonyl (C=O) groups is 12. The van der Waals surface area contributed by atoms with E-state index in [1.807, 2.05) is 0 Å². The predicted molar refractivity (Wildman–Crippen MR) is 200 cm³/mol. The second kappa shape index (κ2) is 18.6. The van der Waals surface area contributed by atoms with Gasteiger partial charge >= 0.3 is 0 Å². The molecule has 0 aromatic rings. The highest BCUT2D eigenvalue weighted by atomic mass is 16.2. The topological polar surface area (TPSA) is 205 Å². The summed E-state index contributed by atoms with van der Waals surface area (Å²) in [5.41, 5.74) is -8.68. The molecule has 0 atom stereocenters. The molecule has 0 N–H and O–H groups in total. The lowest BCUT2D eigenvalue weighted by Gasteiger charge is -2.26. The van der Waals surface area contributed by atoms with Gasteiger partial charge in [0.15, 0.2) is 0 Å². The van der Waals surface area contributed by atoms with Crippen molar-refractivity contribution in [3.8, 4) is 0 Å². The van der Waals surface area contributed by atoms with Gasteiger partial charge in [-0.15, -0.1) is 0 Å². The van der Waals surface area contributed by atoms with Gasteiger partial charge in [-0.1, -0.05) is 0 Å². The van der Waals surface area contributed by atoms with Crippen LogP contribution in [0.5, 0.6) is 0 Å². The first-order valence-electron chi connectivity index (χ1n) is 18.5. The van der Waals surface area contributed by atoms with E-state index in [0.717, 1.165) is 0 Å². The number of hydrogen-bond donors (Lipinski definition) is 0. The fraction of sp³-hybridized carbons (Fsp3) is 0.714. The highest BCUT2D eigenvalue weighted by Crippen LogP contribution is 2.31. The molecule has 0 radical (unpaired) electrons. The van der Waals surface area contributed by atoms with Crippen LogP contribution in [0.4, 0.5) is 0 Å². The molecule has 0 fully saturated rings.